The van der Waals surface area contributed by atoms with Crippen molar-refractivity contribution in [3.63, 3.8) is 0 Å². The Morgan fingerprint density at radius 1 is 0.232 bits per heavy atom. The number of rotatable bonds is 63. The molecule has 0 aliphatic carbocycles. The maximum atomic E-state index is 6.96. The van der Waals surface area contributed by atoms with Crippen LogP contribution in [0.4, 0.5) is 0 Å². The normalized spacial score (nSPS) is 12.7. The van der Waals surface area contributed by atoms with Gasteiger partial charge in [0, 0.05) is 19.8 Å². The Balaban J connectivity index is 1.66. The number of unbranched alkanes of at least 4 members (excludes halogenated alkanes) is 33. The van der Waals surface area contributed by atoms with Crippen LogP contribution >= 0.6 is 0 Å². The van der Waals surface area contributed by atoms with E-state index in [1.165, 1.54) is 212 Å². The number of nitrogens with zero attached hydrogens (tertiary/aromatic N) is 1. The highest BCUT2D eigenvalue weighted by molar-refractivity contribution is 5.23. The Labute approximate surface area is 503 Å². The van der Waals surface area contributed by atoms with Crippen LogP contribution in [0.15, 0.2) is 91.0 Å². The fraction of sp³-hybridized carbons (Fsp3) is 0.750. The molecule has 0 radical (unpaired) electrons. The monoisotopic (exact) mass is 1150 g/mol. The molecule has 3 rings (SSSR count). The number of para-hydroxylation sites is 3. The van der Waals surface area contributed by atoms with E-state index in [1.807, 2.05) is 91.0 Å². The van der Waals surface area contributed by atoms with Gasteiger partial charge < -0.3 is 42.6 Å². The summed E-state index contributed by atoms with van der Waals surface area (Å²) in [6, 6.07) is 29.7. The zero-order chi connectivity index (χ0) is 58.0. The molecule has 82 heavy (non-hydrogen) atoms. The van der Waals surface area contributed by atoms with Crippen molar-refractivity contribution < 1.29 is 42.6 Å². The molecular weight excluding hydrogens is 1020 g/mol. The first-order valence-corrected chi connectivity index (χ1v) is 34.1. The molecule has 0 N–H and O–H groups in total. The molecule has 3 atom stereocenters. The van der Waals surface area contributed by atoms with Gasteiger partial charge in [0.1, 0.15) is 17.2 Å². The molecule has 3 unspecified atom stereocenters. The summed E-state index contributed by atoms with van der Waals surface area (Å²) in [6.07, 6.45) is 45.4. The van der Waals surface area contributed by atoms with Crippen LogP contribution in [0.1, 0.15) is 252 Å². The van der Waals surface area contributed by atoms with Gasteiger partial charge in [-0.25, -0.2) is 0 Å². The predicted octanol–water partition coefficient (Wildman–Crippen LogP) is 19.7. The average molecular weight is 1150 g/mol. The summed E-state index contributed by atoms with van der Waals surface area (Å²) < 4.78 is 58.8. The lowest BCUT2D eigenvalue weighted by Crippen LogP contribution is -2.60. The maximum Gasteiger partial charge on any atom is 0.182 e. The molecule has 10 nitrogen and oxygen atoms in total. The van der Waals surface area contributed by atoms with Gasteiger partial charge in [-0.1, -0.05) is 287 Å². The first-order valence-electron chi connectivity index (χ1n) is 34.1. The molecule has 10 heteroatoms. The third kappa shape index (κ3) is 42.6. The van der Waals surface area contributed by atoms with Crippen molar-refractivity contribution in [2.45, 2.75) is 271 Å². The van der Waals surface area contributed by atoms with E-state index >= 15 is 0 Å². The summed E-state index contributed by atoms with van der Waals surface area (Å²) >= 11 is 0. The predicted molar refractivity (Wildman–Crippen MR) is 343 cm³/mol. The summed E-state index contributed by atoms with van der Waals surface area (Å²) in [7, 11) is 0. The largest absolute Gasteiger partial charge is 0.472 e. The Bertz CT molecular complexity index is 1510. The van der Waals surface area contributed by atoms with E-state index in [-0.39, 0.29) is 19.8 Å². The smallest absolute Gasteiger partial charge is 0.182 e. The van der Waals surface area contributed by atoms with Crippen LogP contribution in [0.5, 0.6) is 17.2 Å². The Morgan fingerprint density at radius 3 is 0.646 bits per heavy atom. The van der Waals surface area contributed by atoms with E-state index in [2.05, 4.69) is 25.7 Å². The summed E-state index contributed by atoms with van der Waals surface area (Å²) in [4.78, 5) is 2.08. The Morgan fingerprint density at radius 2 is 0.427 bits per heavy atom. The molecule has 0 aliphatic heterocycles. The first-order chi connectivity index (χ1) is 40.7. The van der Waals surface area contributed by atoms with Crippen LogP contribution in [-0.2, 0) is 28.4 Å². The molecule has 0 heterocycles. The minimum Gasteiger partial charge on any atom is -0.472 e. The van der Waals surface area contributed by atoms with E-state index in [0.717, 1.165) is 39.1 Å². The molecule has 0 aromatic heterocycles. The highest BCUT2D eigenvalue weighted by Crippen LogP contribution is 2.25. The van der Waals surface area contributed by atoms with Crippen LogP contribution in [0, 0.1) is 0 Å². The summed E-state index contributed by atoms with van der Waals surface area (Å²) in [6.45, 7) is 12.4. The van der Waals surface area contributed by atoms with Gasteiger partial charge in [0.2, 0.25) is 0 Å². The third-order valence-corrected chi connectivity index (χ3v) is 15.4. The van der Waals surface area contributed by atoms with E-state index < -0.39 is 18.7 Å². The van der Waals surface area contributed by atoms with Crippen molar-refractivity contribution in [1.29, 1.82) is 0 Å². The second-order valence-electron chi connectivity index (χ2n) is 22.8. The Kier molecular flexibility index (Phi) is 50.7. The van der Waals surface area contributed by atoms with Crippen LogP contribution in [0.3, 0.4) is 0 Å². The fourth-order valence-corrected chi connectivity index (χ4v) is 10.4. The number of ether oxygens (including phenoxy) is 9. The van der Waals surface area contributed by atoms with Gasteiger partial charge in [0.25, 0.3) is 0 Å². The molecule has 3 aromatic carbocycles. The van der Waals surface area contributed by atoms with Crippen LogP contribution in [-0.4, -0.2) is 103 Å². The molecule has 0 amide bonds. The van der Waals surface area contributed by atoms with Crippen molar-refractivity contribution >= 4 is 0 Å². The summed E-state index contributed by atoms with van der Waals surface area (Å²) in [5, 5.41) is 0. The van der Waals surface area contributed by atoms with E-state index in [9.17, 15) is 0 Å². The van der Waals surface area contributed by atoms with Gasteiger partial charge in [0.15, 0.2) is 18.7 Å². The minimum atomic E-state index is -0.697. The van der Waals surface area contributed by atoms with Gasteiger partial charge >= 0.3 is 0 Å². The molecule has 470 valence electrons. The van der Waals surface area contributed by atoms with E-state index in [4.69, 9.17) is 42.6 Å². The Hall–Kier alpha value is -3.22. The van der Waals surface area contributed by atoms with E-state index in [1.54, 1.807) is 0 Å². The highest BCUT2D eigenvalue weighted by Gasteiger charge is 2.38. The van der Waals surface area contributed by atoms with Crippen molar-refractivity contribution in [1.82, 2.24) is 4.90 Å². The van der Waals surface area contributed by atoms with Crippen LogP contribution in [0.2, 0.25) is 0 Å². The highest BCUT2D eigenvalue weighted by atomic mass is 16.6. The molecule has 0 saturated carbocycles. The molecular formula is C72H123NO9. The third-order valence-electron chi connectivity index (χ3n) is 15.4. The topological polar surface area (TPSA) is 86.3 Å². The number of hydrogen-bond acceptors (Lipinski definition) is 10. The number of benzene rings is 3. The lowest BCUT2D eigenvalue weighted by molar-refractivity contribution is -0.198. The quantitative estimate of drug-likeness (QED) is 0.0402. The van der Waals surface area contributed by atoms with E-state index in [0.29, 0.717) is 56.9 Å². The molecule has 3 aromatic rings. The molecule has 0 saturated heterocycles. The van der Waals surface area contributed by atoms with Crippen molar-refractivity contribution in [2.24, 2.45) is 0 Å². The lowest BCUT2D eigenvalue weighted by atomic mass is 10.1. The summed E-state index contributed by atoms with van der Waals surface area (Å²) in [5.74, 6) is 2.08. The van der Waals surface area contributed by atoms with Crippen molar-refractivity contribution in [3.8, 4) is 17.2 Å². The standard InChI is InChI=1S/C72H123NO9/c1-4-7-10-13-16-19-22-25-28-31-34-46-55-74-58-61-77-64-70(80-67-49-40-37-41-50-67)73(71(81-68-51-42-38-43-52-68)65-78-62-59-75-56-47-35-32-29-26-23-20-17-14-11-8-5-2)72(82-69-53-44-39-45-54-69)66-79-63-60-76-57-48-36-33-30-27-24-21-18-15-12-9-6-3/h37-45,49-54,70-72H,4-36,46-48,55-66H2,1-3H3. The molecule has 0 spiro atoms. The molecule has 0 fully saturated rings. The zero-order valence-electron chi connectivity index (χ0n) is 53.0. The number of hydrogen-bond donors (Lipinski definition) is 0. The van der Waals surface area contributed by atoms with Gasteiger partial charge in [-0.2, -0.15) is 4.90 Å². The van der Waals surface area contributed by atoms with Crippen molar-refractivity contribution in [3.05, 3.63) is 91.0 Å². The fourth-order valence-electron chi connectivity index (χ4n) is 10.4. The van der Waals surface area contributed by atoms with Crippen LogP contribution in [0.25, 0.3) is 0 Å². The minimum absolute atomic E-state index is 0.199. The SMILES string of the molecule is CCCCCCCCCCCCCCOCCOCC(Oc1ccccc1)N(C(COCCOCCCCCCCCCCCCCC)Oc1ccccc1)C(COCCOCCCCCCCCCCCCCC)Oc1ccccc1. The van der Waals surface area contributed by atoms with Crippen LogP contribution < -0.4 is 14.2 Å². The second-order valence-corrected chi connectivity index (χ2v) is 22.8. The maximum absolute atomic E-state index is 6.96. The molecule has 0 bridgehead atoms. The van der Waals surface area contributed by atoms with Gasteiger partial charge in [-0.3, -0.25) is 0 Å². The van der Waals surface area contributed by atoms with Gasteiger partial charge in [-0.05, 0) is 55.7 Å². The molecule has 0 aliphatic rings. The lowest BCUT2D eigenvalue weighted by Gasteiger charge is -2.41. The zero-order valence-corrected chi connectivity index (χ0v) is 53.0. The first kappa shape index (κ1) is 73.0. The second kappa shape index (κ2) is 56.9. The van der Waals surface area contributed by atoms with Gasteiger partial charge in [-0.15, -0.1) is 0 Å². The van der Waals surface area contributed by atoms with Gasteiger partial charge in [0.05, 0.1) is 59.5 Å². The van der Waals surface area contributed by atoms with Crippen molar-refractivity contribution in [2.75, 3.05) is 79.3 Å². The summed E-state index contributed by atoms with van der Waals surface area (Å²) in [5.41, 5.74) is 0. The average Bonchev–Trinajstić information content (AvgIpc) is 3.69.